The van der Waals surface area contributed by atoms with E-state index < -0.39 is 6.23 Å². The van der Waals surface area contributed by atoms with Crippen molar-refractivity contribution >= 4 is 11.8 Å². The van der Waals surface area contributed by atoms with Crippen molar-refractivity contribution in [3.63, 3.8) is 0 Å². The van der Waals surface area contributed by atoms with E-state index in [0.717, 1.165) is 0 Å². The van der Waals surface area contributed by atoms with Crippen molar-refractivity contribution in [3.8, 4) is 5.75 Å². The molecule has 10 heteroatoms. The van der Waals surface area contributed by atoms with Crippen molar-refractivity contribution in [2.75, 3.05) is 66.3 Å². The Hall–Kier alpha value is -2.50. The Kier molecular flexibility index (Phi) is 18.1. The summed E-state index contributed by atoms with van der Waals surface area (Å²) in [5.74, 6) is 0.698. The van der Waals surface area contributed by atoms with Crippen LogP contribution in [0.3, 0.4) is 0 Å². The van der Waals surface area contributed by atoms with E-state index in [1.54, 1.807) is 24.3 Å². The number of hydrogen-bond acceptors (Lipinski definition) is 8. The molecule has 0 saturated carbocycles. The molecule has 204 valence electrons. The van der Waals surface area contributed by atoms with Crippen LogP contribution in [0.5, 0.6) is 5.75 Å². The third-order valence-corrected chi connectivity index (χ3v) is 4.96. The van der Waals surface area contributed by atoms with Crippen LogP contribution in [0.15, 0.2) is 36.4 Å². The van der Waals surface area contributed by atoms with Gasteiger partial charge in [-0.05, 0) is 37.6 Å². The number of allylic oxidation sites excluding steroid dienone is 1. The number of carbonyl (C=O) groups is 2. The van der Waals surface area contributed by atoms with Crippen LogP contribution in [0, 0.1) is 5.92 Å². The van der Waals surface area contributed by atoms with Gasteiger partial charge in [0.2, 0.25) is 5.91 Å². The molecule has 0 spiro atoms. The van der Waals surface area contributed by atoms with Crippen molar-refractivity contribution < 1.29 is 28.5 Å². The van der Waals surface area contributed by atoms with Gasteiger partial charge in [0.15, 0.2) is 0 Å². The van der Waals surface area contributed by atoms with E-state index in [1.807, 2.05) is 13.1 Å². The van der Waals surface area contributed by atoms with E-state index in [0.29, 0.717) is 50.1 Å². The Bertz CT molecular complexity index is 762. The zero-order chi connectivity index (χ0) is 26.4. The first-order valence-electron chi connectivity index (χ1n) is 12.6. The molecule has 2 atom stereocenters. The van der Waals surface area contributed by atoms with Crippen LogP contribution in [0.4, 0.5) is 0 Å². The third kappa shape index (κ3) is 16.2. The summed E-state index contributed by atoms with van der Waals surface area (Å²) in [4.78, 5) is 23.9. The molecule has 5 N–H and O–H groups in total. The van der Waals surface area contributed by atoms with Crippen molar-refractivity contribution in [1.82, 2.24) is 16.0 Å². The molecule has 1 aromatic rings. The highest BCUT2D eigenvalue weighted by Crippen LogP contribution is 2.13. The first-order valence-corrected chi connectivity index (χ1v) is 12.6. The normalized spacial score (nSPS) is 12.9. The monoisotopic (exact) mass is 508 g/mol. The second-order valence-electron chi connectivity index (χ2n) is 8.28. The zero-order valence-electron chi connectivity index (χ0n) is 21.9. The maximum atomic E-state index is 12.1. The molecule has 2 amide bonds. The molecule has 0 aliphatic heterocycles. The molecule has 0 heterocycles. The molecule has 0 aliphatic carbocycles. The van der Waals surface area contributed by atoms with Crippen LogP contribution in [-0.2, 0) is 19.0 Å². The molecule has 1 aromatic carbocycles. The fourth-order valence-corrected chi connectivity index (χ4v) is 3.08. The number of benzene rings is 1. The lowest BCUT2D eigenvalue weighted by atomic mass is 10.1. The van der Waals surface area contributed by atoms with Crippen molar-refractivity contribution in [2.45, 2.75) is 32.9 Å². The minimum Gasteiger partial charge on any atom is -0.489 e. The van der Waals surface area contributed by atoms with Crippen molar-refractivity contribution in [1.29, 1.82) is 0 Å². The van der Waals surface area contributed by atoms with Gasteiger partial charge in [0, 0.05) is 25.2 Å². The smallest absolute Gasteiger partial charge is 0.251 e. The van der Waals surface area contributed by atoms with E-state index in [2.05, 4.69) is 35.9 Å². The lowest BCUT2D eigenvalue weighted by Gasteiger charge is -2.15. The molecule has 0 bridgehead atoms. The van der Waals surface area contributed by atoms with Gasteiger partial charge < -0.3 is 40.6 Å². The molecule has 0 radical (unpaired) electrons. The second kappa shape index (κ2) is 20.7. The summed E-state index contributed by atoms with van der Waals surface area (Å²) in [5, 5.41) is 8.52. The summed E-state index contributed by atoms with van der Waals surface area (Å²) in [7, 11) is 1.82. The number of likely N-dealkylation sites (N-methyl/N-ethyl adjacent to an activating group) is 1. The van der Waals surface area contributed by atoms with Crippen LogP contribution in [0.2, 0.25) is 0 Å². The van der Waals surface area contributed by atoms with Gasteiger partial charge >= 0.3 is 0 Å². The van der Waals surface area contributed by atoms with Crippen LogP contribution in [0.25, 0.3) is 0 Å². The molecule has 2 unspecified atom stereocenters. The Labute approximate surface area is 215 Å². The quantitative estimate of drug-likeness (QED) is 0.111. The Morgan fingerprint density at radius 1 is 1.08 bits per heavy atom. The molecule has 10 nitrogen and oxygen atoms in total. The van der Waals surface area contributed by atoms with Crippen molar-refractivity contribution in [2.24, 2.45) is 11.7 Å². The maximum Gasteiger partial charge on any atom is 0.251 e. The topological polar surface area (TPSA) is 133 Å². The average molecular weight is 509 g/mol. The first-order chi connectivity index (χ1) is 17.5. The molecular formula is C26H44N4O6. The number of hydrogen-bond donors (Lipinski definition) is 4. The predicted octanol–water partition coefficient (Wildman–Crippen LogP) is 1.46. The van der Waals surface area contributed by atoms with Crippen LogP contribution >= 0.6 is 0 Å². The number of nitrogens with one attached hydrogen (secondary N) is 3. The standard InChI is InChI=1S/C26H44N4O6/c1-4-7-21(2)8-6-14-33-15-13-29-25(31)20-34-16-17-35-24(27)19-36-23-10-5-9-22(18-23)26(32)30-12-11-28-3/h5-6,8-10,18,21,24,28H,4,7,11-17,19-20,27H2,1-3H3,(H,29,31)(H,30,32)/b8-6+. The molecule has 0 aliphatic rings. The number of carbonyl (C=O) groups excluding carboxylic acids is 2. The fourth-order valence-electron chi connectivity index (χ4n) is 3.08. The Balaban J connectivity index is 2.07. The largest absolute Gasteiger partial charge is 0.489 e. The van der Waals surface area contributed by atoms with Crippen molar-refractivity contribution in [3.05, 3.63) is 42.0 Å². The summed E-state index contributed by atoms with van der Waals surface area (Å²) in [5.41, 5.74) is 6.41. The lowest BCUT2D eigenvalue weighted by Crippen LogP contribution is -2.33. The zero-order valence-corrected chi connectivity index (χ0v) is 21.9. The number of amides is 2. The van der Waals surface area contributed by atoms with E-state index in [9.17, 15) is 9.59 Å². The van der Waals surface area contributed by atoms with Crippen LogP contribution in [-0.4, -0.2) is 84.4 Å². The highest BCUT2D eigenvalue weighted by molar-refractivity contribution is 5.94. The van der Waals surface area contributed by atoms with Gasteiger partial charge in [-0.25, -0.2) is 0 Å². The minimum absolute atomic E-state index is 0.0628. The lowest BCUT2D eigenvalue weighted by molar-refractivity contribution is -0.126. The molecule has 1 rings (SSSR count). The molecule has 0 aromatic heterocycles. The van der Waals surface area contributed by atoms with Gasteiger partial charge in [0.1, 0.15) is 25.2 Å². The summed E-state index contributed by atoms with van der Waals surface area (Å²) in [6.07, 6.45) is 5.84. The highest BCUT2D eigenvalue weighted by atomic mass is 16.6. The van der Waals surface area contributed by atoms with E-state index in [1.165, 1.54) is 12.8 Å². The van der Waals surface area contributed by atoms with Gasteiger partial charge in [0.25, 0.3) is 5.91 Å². The summed E-state index contributed by atoms with van der Waals surface area (Å²) in [6, 6.07) is 6.85. The third-order valence-electron chi connectivity index (χ3n) is 4.96. The summed E-state index contributed by atoms with van der Waals surface area (Å²) >= 11 is 0. The molecule has 0 fully saturated rings. The van der Waals surface area contributed by atoms with E-state index in [-0.39, 0.29) is 38.2 Å². The van der Waals surface area contributed by atoms with E-state index >= 15 is 0 Å². The molecular weight excluding hydrogens is 464 g/mol. The van der Waals surface area contributed by atoms with Crippen LogP contribution in [0.1, 0.15) is 37.0 Å². The highest BCUT2D eigenvalue weighted by Gasteiger charge is 2.08. The second-order valence-corrected chi connectivity index (χ2v) is 8.28. The Morgan fingerprint density at radius 2 is 1.92 bits per heavy atom. The summed E-state index contributed by atoms with van der Waals surface area (Å²) in [6.45, 7) is 7.48. The van der Waals surface area contributed by atoms with Crippen LogP contribution < -0.4 is 26.4 Å². The van der Waals surface area contributed by atoms with Gasteiger partial charge in [-0.3, -0.25) is 9.59 Å². The Morgan fingerprint density at radius 3 is 2.69 bits per heavy atom. The first kappa shape index (κ1) is 31.5. The number of ether oxygens (including phenoxy) is 4. The molecule has 0 saturated heterocycles. The van der Waals surface area contributed by atoms with Gasteiger partial charge in [0.05, 0.1) is 26.4 Å². The van der Waals surface area contributed by atoms with E-state index in [4.69, 9.17) is 24.7 Å². The minimum atomic E-state index is -0.674. The average Bonchev–Trinajstić information content (AvgIpc) is 2.87. The predicted molar refractivity (Wildman–Crippen MR) is 140 cm³/mol. The SMILES string of the molecule is CCCC(C)/C=C/COCCNC(=O)COCCOC(N)COc1cccc(C(=O)NCCNC)c1. The van der Waals surface area contributed by atoms with Gasteiger partial charge in [-0.2, -0.15) is 0 Å². The maximum absolute atomic E-state index is 12.1. The number of rotatable bonds is 21. The van der Waals surface area contributed by atoms with Gasteiger partial charge in [-0.1, -0.05) is 38.5 Å². The molecule has 36 heavy (non-hydrogen) atoms. The summed E-state index contributed by atoms with van der Waals surface area (Å²) < 4.78 is 21.8. The number of nitrogens with two attached hydrogens (primary N) is 1. The van der Waals surface area contributed by atoms with Gasteiger partial charge in [-0.15, -0.1) is 0 Å². The fraction of sp³-hybridized carbons (Fsp3) is 0.615.